The monoisotopic (exact) mass is 307 g/mol. The maximum Gasteiger partial charge on any atom is 0.0558 e. The second-order valence-corrected chi connectivity index (χ2v) is 8.11. The molecule has 22 heavy (non-hydrogen) atoms. The zero-order chi connectivity index (χ0) is 14.9. The van der Waals surface area contributed by atoms with Crippen LogP contribution in [0.2, 0.25) is 0 Å². The van der Waals surface area contributed by atoms with Crippen LogP contribution in [0.3, 0.4) is 0 Å². The molecule has 0 aromatic rings. The molecule has 4 aliphatic rings. The highest BCUT2D eigenvalue weighted by molar-refractivity contribution is 4.97. The molecule has 2 aliphatic carbocycles. The average Bonchev–Trinajstić information content (AvgIpc) is 3.19. The van der Waals surface area contributed by atoms with Gasteiger partial charge in [-0.3, -0.25) is 14.7 Å². The highest BCUT2D eigenvalue weighted by Crippen LogP contribution is 2.47. The van der Waals surface area contributed by atoms with Gasteiger partial charge >= 0.3 is 0 Å². The molecule has 1 N–H and O–H groups in total. The Labute approximate surface area is 135 Å². The Bertz CT molecular complexity index is 361. The number of hydrogen-bond acceptors (Lipinski definition) is 4. The van der Waals surface area contributed by atoms with Crippen LogP contribution in [0, 0.1) is 11.8 Å². The molecule has 4 nitrogen and oxygen atoms in total. The zero-order valence-electron chi connectivity index (χ0n) is 14.0. The highest BCUT2D eigenvalue weighted by atomic mass is 16.3. The number of piperazine rings is 1. The summed E-state index contributed by atoms with van der Waals surface area (Å²) in [6.07, 6.45) is 8.85. The first-order valence-corrected chi connectivity index (χ1v) is 9.65. The highest BCUT2D eigenvalue weighted by Gasteiger charge is 2.43. The molecule has 2 bridgehead atoms. The van der Waals surface area contributed by atoms with E-state index in [4.69, 9.17) is 5.11 Å². The van der Waals surface area contributed by atoms with E-state index in [2.05, 4.69) is 14.7 Å². The minimum absolute atomic E-state index is 0.307. The van der Waals surface area contributed by atoms with Gasteiger partial charge in [-0.25, -0.2) is 0 Å². The van der Waals surface area contributed by atoms with Crippen molar-refractivity contribution in [2.24, 2.45) is 11.8 Å². The van der Waals surface area contributed by atoms with E-state index in [1.165, 1.54) is 64.7 Å². The molecule has 4 rings (SSSR count). The lowest BCUT2D eigenvalue weighted by molar-refractivity contribution is 0.0345. The lowest BCUT2D eigenvalue weighted by Crippen LogP contribution is -2.54. The van der Waals surface area contributed by atoms with Crippen LogP contribution >= 0.6 is 0 Å². The molecule has 0 aromatic carbocycles. The number of fused-ring (bicyclic) bond motifs is 2. The first kappa shape index (κ1) is 15.4. The second-order valence-electron chi connectivity index (χ2n) is 8.11. The summed E-state index contributed by atoms with van der Waals surface area (Å²) in [5, 5.41) is 9.05. The quantitative estimate of drug-likeness (QED) is 0.847. The predicted octanol–water partition coefficient (Wildman–Crippen LogP) is 1.25. The van der Waals surface area contributed by atoms with Crippen molar-refractivity contribution in [3.8, 4) is 0 Å². The van der Waals surface area contributed by atoms with Crippen LogP contribution in [0.4, 0.5) is 0 Å². The third-order valence-electron chi connectivity index (χ3n) is 7.01. The lowest BCUT2D eigenvalue weighted by atomic mass is 9.91. The van der Waals surface area contributed by atoms with Crippen molar-refractivity contribution < 1.29 is 5.11 Å². The summed E-state index contributed by atoms with van der Waals surface area (Å²) in [6, 6.07) is 1.77. The van der Waals surface area contributed by atoms with Crippen LogP contribution in [0.25, 0.3) is 0 Å². The fourth-order valence-electron chi connectivity index (χ4n) is 5.73. The first-order valence-electron chi connectivity index (χ1n) is 9.65. The maximum atomic E-state index is 9.05. The molecule has 0 spiro atoms. The third-order valence-corrected chi connectivity index (χ3v) is 7.01. The van der Waals surface area contributed by atoms with Crippen LogP contribution in [0.1, 0.15) is 38.5 Å². The van der Waals surface area contributed by atoms with Crippen molar-refractivity contribution in [3.05, 3.63) is 0 Å². The van der Waals surface area contributed by atoms with E-state index >= 15 is 0 Å². The smallest absolute Gasteiger partial charge is 0.0558 e. The molecule has 0 aromatic heterocycles. The Hall–Kier alpha value is -0.160. The van der Waals surface area contributed by atoms with E-state index in [-0.39, 0.29) is 0 Å². The molecule has 4 fully saturated rings. The van der Waals surface area contributed by atoms with E-state index in [0.29, 0.717) is 6.61 Å². The van der Waals surface area contributed by atoms with E-state index in [0.717, 1.165) is 43.6 Å². The van der Waals surface area contributed by atoms with Crippen LogP contribution in [-0.2, 0) is 0 Å². The molecule has 4 heteroatoms. The number of rotatable bonds is 4. The van der Waals surface area contributed by atoms with Gasteiger partial charge in [-0.1, -0.05) is 6.42 Å². The molecule has 2 aliphatic heterocycles. The average molecular weight is 307 g/mol. The van der Waals surface area contributed by atoms with Crippen molar-refractivity contribution in [2.45, 2.75) is 50.6 Å². The minimum Gasteiger partial charge on any atom is -0.395 e. The van der Waals surface area contributed by atoms with Gasteiger partial charge in [0.2, 0.25) is 0 Å². The third kappa shape index (κ3) is 3.08. The van der Waals surface area contributed by atoms with Gasteiger partial charge in [0.25, 0.3) is 0 Å². The van der Waals surface area contributed by atoms with Gasteiger partial charge in [0.15, 0.2) is 0 Å². The fourth-order valence-corrected chi connectivity index (χ4v) is 5.73. The van der Waals surface area contributed by atoms with Gasteiger partial charge in [-0.05, 0) is 57.0 Å². The Balaban J connectivity index is 1.23. The first-order chi connectivity index (χ1) is 10.8. The summed E-state index contributed by atoms with van der Waals surface area (Å²) >= 11 is 0. The number of piperidine rings is 1. The number of nitrogens with zero attached hydrogens (tertiary/aromatic N) is 3. The van der Waals surface area contributed by atoms with Gasteiger partial charge in [0.1, 0.15) is 0 Å². The summed E-state index contributed by atoms with van der Waals surface area (Å²) in [5.74, 6) is 2.12. The van der Waals surface area contributed by atoms with Gasteiger partial charge in [-0.2, -0.15) is 0 Å². The number of likely N-dealkylation sites (tertiary alicyclic amines) is 1. The second kappa shape index (κ2) is 6.76. The summed E-state index contributed by atoms with van der Waals surface area (Å²) in [6.45, 7) is 8.56. The SMILES string of the molecule is OCCN1CCN(C2CCN([C@H]3C[C@H]4CC[C@H]3C4)CC2)CC1. The Morgan fingerprint density at radius 2 is 1.55 bits per heavy atom. The van der Waals surface area contributed by atoms with Gasteiger partial charge in [0.05, 0.1) is 6.61 Å². The Kier molecular flexibility index (Phi) is 4.72. The zero-order valence-corrected chi connectivity index (χ0v) is 14.0. The van der Waals surface area contributed by atoms with Crippen molar-refractivity contribution >= 4 is 0 Å². The Morgan fingerprint density at radius 3 is 2.14 bits per heavy atom. The van der Waals surface area contributed by atoms with Crippen LogP contribution in [0.5, 0.6) is 0 Å². The lowest BCUT2D eigenvalue weighted by Gasteiger charge is -2.45. The van der Waals surface area contributed by atoms with Crippen molar-refractivity contribution in [2.75, 3.05) is 52.4 Å². The molecule has 2 heterocycles. The van der Waals surface area contributed by atoms with Crippen molar-refractivity contribution in [1.82, 2.24) is 14.7 Å². The summed E-state index contributed by atoms with van der Waals surface area (Å²) in [4.78, 5) is 7.98. The summed E-state index contributed by atoms with van der Waals surface area (Å²) in [5.41, 5.74) is 0. The number of hydrogen-bond donors (Lipinski definition) is 1. The molecule has 2 saturated carbocycles. The molecule has 126 valence electrons. The van der Waals surface area contributed by atoms with E-state index in [1.54, 1.807) is 0 Å². The van der Waals surface area contributed by atoms with Gasteiger partial charge in [0, 0.05) is 44.8 Å². The number of β-amino-alcohol motifs (C(OH)–C–C–N with tert-alkyl or cyclic N) is 1. The molecular weight excluding hydrogens is 274 g/mol. The molecule has 0 amide bonds. The minimum atomic E-state index is 0.307. The van der Waals surface area contributed by atoms with E-state index < -0.39 is 0 Å². The normalized spacial score (nSPS) is 38.9. The molecule has 2 saturated heterocycles. The molecule has 3 atom stereocenters. The summed E-state index contributed by atoms with van der Waals surface area (Å²) in [7, 11) is 0. The summed E-state index contributed by atoms with van der Waals surface area (Å²) < 4.78 is 0. The molecular formula is C18H33N3O. The topological polar surface area (TPSA) is 30.0 Å². The Morgan fingerprint density at radius 1 is 0.773 bits per heavy atom. The van der Waals surface area contributed by atoms with E-state index in [1.807, 2.05) is 0 Å². The number of aliphatic hydroxyl groups excluding tert-OH is 1. The van der Waals surface area contributed by atoms with Crippen LogP contribution < -0.4 is 0 Å². The van der Waals surface area contributed by atoms with Crippen molar-refractivity contribution in [3.63, 3.8) is 0 Å². The molecule has 0 unspecified atom stereocenters. The fraction of sp³-hybridized carbons (Fsp3) is 1.00. The number of aliphatic hydroxyl groups is 1. The van der Waals surface area contributed by atoms with Crippen LogP contribution in [0.15, 0.2) is 0 Å². The van der Waals surface area contributed by atoms with Crippen molar-refractivity contribution in [1.29, 1.82) is 0 Å². The van der Waals surface area contributed by atoms with Crippen LogP contribution in [-0.4, -0.2) is 84.3 Å². The maximum absolute atomic E-state index is 9.05. The largest absolute Gasteiger partial charge is 0.395 e. The van der Waals surface area contributed by atoms with Gasteiger partial charge in [-0.15, -0.1) is 0 Å². The predicted molar refractivity (Wildman–Crippen MR) is 88.9 cm³/mol. The van der Waals surface area contributed by atoms with E-state index in [9.17, 15) is 0 Å². The standard InChI is InChI=1S/C18H33N3O/c22-12-11-19-7-9-20(10-8-19)17-3-5-21(6-4-17)18-14-15-1-2-16(18)13-15/h15-18,22H,1-14H2/t15-,16-,18-/m0/s1. The van der Waals surface area contributed by atoms with Gasteiger partial charge < -0.3 is 5.11 Å². The molecule has 0 radical (unpaired) electrons.